The van der Waals surface area contributed by atoms with Crippen LogP contribution in [0.5, 0.6) is 0 Å². The van der Waals surface area contributed by atoms with Crippen LogP contribution >= 0.6 is 0 Å². The lowest BCUT2D eigenvalue weighted by atomic mass is 10.1. The summed E-state index contributed by atoms with van der Waals surface area (Å²) in [5, 5.41) is 0. The molecular formula is C13H17F4NOS. The van der Waals surface area contributed by atoms with Crippen LogP contribution < -0.4 is 4.72 Å². The molecule has 0 saturated heterocycles. The highest BCUT2D eigenvalue weighted by Gasteiger charge is 2.31. The van der Waals surface area contributed by atoms with Gasteiger partial charge in [0.1, 0.15) is 10.6 Å². The first-order valence-corrected chi connectivity index (χ1v) is 7.17. The maximum atomic E-state index is 13.2. The van der Waals surface area contributed by atoms with Gasteiger partial charge < -0.3 is 4.55 Å². The summed E-state index contributed by atoms with van der Waals surface area (Å²) in [7, 11) is 0. The summed E-state index contributed by atoms with van der Waals surface area (Å²) in [4.78, 5) is 0. The Kier molecular flexibility index (Phi) is 5.46. The zero-order valence-electron chi connectivity index (χ0n) is 11.5. The molecule has 1 aromatic carbocycles. The van der Waals surface area contributed by atoms with Crippen LogP contribution in [-0.4, -0.2) is 15.8 Å². The normalized spacial score (nSPS) is 14.4. The fourth-order valence-corrected chi connectivity index (χ4v) is 2.18. The van der Waals surface area contributed by atoms with Crippen molar-refractivity contribution in [1.82, 2.24) is 4.72 Å². The van der Waals surface area contributed by atoms with Gasteiger partial charge in [0.25, 0.3) is 0 Å². The summed E-state index contributed by atoms with van der Waals surface area (Å²) >= 11 is -1.30. The minimum absolute atomic E-state index is 0.169. The van der Waals surface area contributed by atoms with E-state index in [2.05, 4.69) is 4.72 Å². The Morgan fingerprint density at radius 3 is 2.25 bits per heavy atom. The smallest absolute Gasteiger partial charge is 0.416 e. The van der Waals surface area contributed by atoms with Crippen LogP contribution in [0.3, 0.4) is 0 Å². The van der Waals surface area contributed by atoms with Crippen molar-refractivity contribution in [2.45, 2.75) is 38.1 Å². The third kappa shape index (κ3) is 5.30. The zero-order valence-corrected chi connectivity index (χ0v) is 12.3. The van der Waals surface area contributed by atoms with E-state index in [0.717, 1.165) is 12.1 Å². The summed E-state index contributed by atoms with van der Waals surface area (Å²) < 4.78 is 64.7. The predicted molar refractivity (Wildman–Crippen MR) is 71.0 cm³/mol. The molecule has 114 valence electrons. The lowest BCUT2D eigenvalue weighted by Crippen LogP contribution is -2.40. The molecule has 1 aromatic rings. The van der Waals surface area contributed by atoms with E-state index in [0.29, 0.717) is 6.07 Å². The topological polar surface area (TPSA) is 35.1 Å². The van der Waals surface area contributed by atoms with Gasteiger partial charge in [-0.3, -0.25) is 0 Å². The van der Waals surface area contributed by atoms with Crippen molar-refractivity contribution in [2.75, 3.05) is 6.54 Å². The lowest BCUT2D eigenvalue weighted by molar-refractivity contribution is -0.137. The highest BCUT2D eigenvalue weighted by Crippen LogP contribution is 2.30. The summed E-state index contributed by atoms with van der Waals surface area (Å²) in [5.74, 6) is -0.924. The fourth-order valence-electron chi connectivity index (χ4n) is 1.46. The maximum absolute atomic E-state index is 13.2. The SMILES string of the molecule is CC(C)(C)[S+]([O-])NCCc1cc(F)cc(C(F)(F)F)c1. The third-order valence-corrected chi connectivity index (χ3v) is 4.07. The van der Waals surface area contributed by atoms with Crippen LogP contribution in [0.15, 0.2) is 18.2 Å². The lowest BCUT2D eigenvalue weighted by Gasteiger charge is -2.23. The molecular weight excluding hydrogens is 294 g/mol. The van der Waals surface area contributed by atoms with Gasteiger partial charge in [0, 0.05) is 17.9 Å². The van der Waals surface area contributed by atoms with E-state index in [4.69, 9.17) is 0 Å². The van der Waals surface area contributed by atoms with Gasteiger partial charge >= 0.3 is 6.18 Å². The molecule has 0 radical (unpaired) electrons. The minimum Gasteiger partial charge on any atom is -0.598 e. The van der Waals surface area contributed by atoms with Crippen LogP contribution in [0, 0.1) is 5.82 Å². The van der Waals surface area contributed by atoms with E-state index in [1.54, 1.807) is 20.8 Å². The number of halogens is 4. The Labute approximate surface area is 118 Å². The van der Waals surface area contributed by atoms with Crippen molar-refractivity contribution in [3.8, 4) is 0 Å². The number of alkyl halides is 3. The molecule has 1 N–H and O–H groups in total. The second-order valence-electron chi connectivity index (χ2n) is 5.37. The summed E-state index contributed by atoms with van der Waals surface area (Å²) in [6, 6.07) is 2.42. The maximum Gasteiger partial charge on any atom is 0.416 e. The monoisotopic (exact) mass is 311 g/mol. The van der Waals surface area contributed by atoms with Crippen LogP contribution in [-0.2, 0) is 24.0 Å². The van der Waals surface area contributed by atoms with Gasteiger partial charge in [-0.05, 0) is 51.0 Å². The highest BCUT2D eigenvalue weighted by atomic mass is 32.2. The van der Waals surface area contributed by atoms with Gasteiger partial charge in [0.2, 0.25) is 0 Å². The standard InChI is InChI=1S/C13H17F4NOS/c1-12(2,3)20(19)18-5-4-9-6-10(13(15,16)17)8-11(14)7-9/h6-8,18H,4-5H2,1-3H3. The molecule has 0 spiro atoms. The van der Waals surface area contributed by atoms with Crippen LogP contribution in [0.4, 0.5) is 17.6 Å². The first-order valence-electron chi connectivity index (χ1n) is 6.02. The van der Waals surface area contributed by atoms with Crippen molar-refractivity contribution < 1.29 is 22.1 Å². The van der Waals surface area contributed by atoms with Crippen molar-refractivity contribution in [3.63, 3.8) is 0 Å². The van der Waals surface area contributed by atoms with Crippen LogP contribution in [0.2, 0.25) is 0 Å². The zero-order chi connectivity index (χ0) is 15.6. The Balaban J connectivity index is 2.68. The second kappa shape index (κ2) is 6.32. The molecule has 0 bridgehead atoms. The Morgan fingerprint density at radius 2 is 1.75 bits per heavy atom. The van der Waals surface area contributed by atoms with Gasteiger partial charge in [0.15, 0.2) is 0 Å². The molecule has 0 aliphatic heterocycles. The Morgan fingerprint density at radius 1 is 1.15 bits per heavy atom. The number of hydrogen-bond donors (Lipinski definition) is 1. The first kappa shape index (κ1) is 17.3. The second-order valence-corrected chi connectivity index (χ2v) is 7.42. The largest absolute Gasteiger partial charge is 0.598 e. The molecule has 1 unspecified atom stereocenters. The summed E-state index contributed by atoms with van der Waals surface area (Å²) in [5.41, 5.74) is -0.792. The Hall–Kier alpha value is -0.790. The summed E-state index contributed by atoms with van der Waals surface area (Å²) in [6.07, 6.45) is -4.40. The molecule has 0 amide bonds. The number of benzene rings is 1. The molecule has 0 aromatic heterocycles. The molecule has 20 heavy (non-hydrogen) atoms. The van der Waals surface area contributed by atoms with Crippen molar-refractivity contribution in [2.24, 2.45) is 0 Å². The van der Waals surface area contributed by atoms with Crippen LogP contribution in [0.1, 0.15) is 31.9 Å². The first-order chi connectivity index (χ1) is 9.00. The predicted octanol–water partition coefficient (Wildman–Crippen LogP) is 3.44. The molecule has 1 rings (SSSR count). The van der Waals surface area contributed by atoms with Gasteiger partial charge in [-0.1, -0.05) is 0 Å². The molecule has 0 saturated carbocycles. The van der Waals surface area contributed by atoms with Crippen molar-refractivity contribution >= 4 is 11.4 Å². The van der Waals surface area contributed by atoms with E-state index in [-0.39, 0.29) is 18.5 Å². The quantitative estimate of drug-likeness (QED) is 0.683. The van der Waals surface area contributed by atoms with Gasteiger partial charge in [-0.15, -0.1) is 4.72 Å². The van der Waals surface area contributed by atoms with E-state index < -0.39 is 33.7 Å². The molecule has 0 aliphatic rings. The molecule has 0 aliphatic carbocycles. The average Bonchev–Trinajstić information content (AvgIpc) is 2.25. The molecule has 7 heteroatoms. The number of hydrogen-bond acceptors (Lipinski definition) is 2. The van der Waals surface area contributed by atoms with E-state index in [1.807, 2.05) is 0 Å². The third-order valence-electron chi connectivity index (χ3n) is 2.49. The van der Waals surface area contributed by atoms with E-state index in [1.165, 1.54) is 0 Å². The van der Waals surface area contributed by atoms with E-state index in [9.17, 15) is 22.1 Å². The van der Waals surface area contributed by atoms with Crippen molar-refractivity contribution in [1.29, 1.82) is 0 Å². The minimum atomic E-state index is -4.57. The molecule has 0 fully saturated rings. The van der Waals surface area contributed by atoms with Gasteiger partial charge in [-0.2, -0.15) is 13.2 Å². The Bertz CT molecular complexity index is 457. The van der Waals surface area contributed by atoms with Gasteiger partial charge in [-0.25, -0.2) is 4.39 Å². The molecule has 2 nitrogen and oxygen atoms in total. The molecule has 0 heterocycles. The van der Waals surface area contributed by atoms with E-state index >= 15 is 0 Å². The highest BCUT2D eigenvalue weighted by molar-refractivity contribution is 7.90. The van der Waals surface area contributed by atoms with Gasteiger partial charge in [0.05, 0.1) is 5.56 Å². The molecule has 1 atom stereocenters. The van der Waals surface area contributed by atoms with Crippen LogP contribution in [0.25, 0.3) is 0 Å². The van der Waals surface area contributed by atoms with Crippen molar-refractivity contribution in [3.05, 3.63) is 35.1 Å². The fraction of sp³-hybridized carbons (Fsp3) is 0.538. The number of rotatable bonds is 4. The average molecular weight is 311 g/mol. The number of nitrogens with one attached hydrogen (secondary N) is 1. The summed E-state index contributed by atoms with van der Waals surface area (Å²) in [6.45, 7) is 5.55.